The lowest BCUT2D eigenvalue weighted by Gasteiger charge is -2.19. The molecule has 6 aromatic rings. The number of hydrogen-bond acceptors (Lipinski definition) is 8. The number of carbonyl (C=O) groups is 2. The van der Waals surface area contributed by atoms with Gasteiger partial charge in [0.1, 0.15) is 28.7 Å². The Morgan fingerprint density at radius 2 is 0.980 bits per heavy atom. The Balaban J connectivity index is 1.18. The number of carbonyl (C=O) groups excluding carboxylic acids is 2. The molecule has 0 aliphatic carbocycles. The molecule has 0 spiro atoms. The summed E-state index contributed by atoms with van der Waals surface area (Å²) in [5, 5.41) is 9.35. The van der Waals surface area contributed by atoms with E-state index in [1.807, 2.05) is 72.8 Å². The lowest BCUT2D eigenvalue weighted by Crippen LogP contribution is -2.11. The lowest BCUT2D eigenvalue weighted by atomic mass is 10.0. The summed E-state index contributed by atoms with van der Waals surface area (Å²) < 4.78 is 29.6. The molecule has 1 aliphatic heterocycles. The molecule has 51 heavy (non-hydrogen) atoms. The summed E-state index contributed by atoms with van der Waals surface area (Å²) in [5.74, 6) is 0.997. The minimum atomic E-state index is -0.570. The zero-order chi connectivity index (χ0) is 35.2. The lowest BCUT2D eigenvalue weighted by molar-refractivity contribution is 0.0722. The minimum absolute atomic E-state index is 0.0281. The molecule has 0 radical (unpaired) electrons. The Bertz CT molecular complexity index is 2000. The number of rotatable bonds is 8. The van der Waals surface area contributed by atoms with Crippen LogP contribution in [0.2, 0.25) is 0 Å². The highest BCUT2D eigenvalue weighted by Crippen LogP contribution is 2.48. The van der Waals surface area contributed by atoms with Crippen molar-refractivity contribution in [3.05, 3.63) is 150 Å². The molecule has 1 N–H and O–H groups in total. The Morgan fingerprint density at radius 3 is 1.39 bits per heavy atom. The van der Waals surface area contributed by atoms with E-state index in [0.717, 1.165) is 33.6 Å². The monoisotopic (exact) mass is 678 g/mol. The van der Waals surface area contributed by atoms with Crippen LogP contribution >= 0.6 is 0 Å². The van der Waals surface area contributed by atoms with Crippen LogP contribution in [0.1, 0.15) is 32.7 Å². The smallest absolute Gasteiger partial charge is 0.343 e. The first-order valence-corrected chi connectivity index (χ1v) is 16.5. The topological polar surface area (TPSA) is 101 Å². The van der Waals surface area contributed by atoms with E-state index in [1.165, 1.54) is 0 Å². The number of ether oxygens (including phenoxy) is 5. The molecule has 0 aromatic heterocycles. The third-order valence-corrected chi connectivity index (χ3v) is 8.57. The Hall–Kier alpha value is -6.38. The van der Waals surface area contributed by atoms with Crippen LogP contribution in [-0.2, 0) is 6.61 Å². The van der Waals surface area contributed by atoms with E-state index in [1.54, 1.807) is 67.8 Å². The number of aliphatic hydroxyl groups is 1. The second-order valence-electron chi connectivity index (χ2n) is 11.8. The highest BCUT2D eigenvalue weighted by molar-refractivity contribution is 5.96. The van der Waals surface area contributed by atoms with Gasteiger partial charge in [0.05, 0.1) is 49.2 Å². The van der Waals surface area contributed by atoms with Crippen molar-refractivity contribution in [2.24, 2.45) is 0 Å². The Labute approximate surface area is 295 Å². The second kappa shape index (κ2) is 15.0. The summed E-state index contributed by atoms with van der Waals surface area (Å²) in [6, 6.07) is 39.9. The van der Waals surface area contributed by atoms with E-state index in [-0.39, 0.29) is 18.1 Å². The van der Waals surface area contributed by atoms with Crippen molar-refractivity contribution in [3.8, 4) is 62.1 Å². The normalized spacial score (nSPS) is 12.0. The molecule has 0 saturated heterocycles. The van der Waals surface area contributed by atoms with Crippen LogP contribution in [0.4, 0.5) is 0 Å². The first kappa shape index (κ1) is 33.1. The largest absolute Gasteiger partial charge is 0.497 e. The van der Waals surface area contributed by atoms with Gasteiger partial charge in [-0.25, -0.2) is 9.59 Å². The second-order valence-corrected chi connectivity index (χ2v) is 11.8. The molecule has 0 fully saturated rings. The van der Waals surface area contributed by atoms with Crippen LogP contribution in [0.25, 0.3) is 33.4 Å². The van der Waals surface area contributed by atoms with Gasteiger partial charge in [0.15, 0.2) is 0 Å². The summed E-state index contributed by atoms with van der Waals surface area (Å²) in [6.07, 6.45) is 0.614. The summed E-state index contributed by atoms with van der Waals surface area (Å²) in [4.78, 5) is 27.1. The zero-order valence-corrected chi connectivity index (χ0v) is 27.8. The van der Waals surface area contributed by atoms with Crippen molar-refractivity contribution >= 4 is 11.9 Å². The molecule has 8 heteroatoms. The van der Waals surface area contributed by atoms with Gasteiger partial charge in [-0.1, -0.05) is 72.8 Å². The predicted octanol–water partition coefficient (Wildman–Crippen LogP) is 8.79. The van der Waals surface area contributed by atoms with Gasteiger partial charge in [-0.3, -0.25) is 0 Å². The average molecular weight is 679 g/mol. The Kier molecular flexibility index (Phi) is 9.76. The summed E-state index contributed by atoms with van der Waals surface area (Å²) in [7, 11) is 1.62. The fourth-order valence-electron chi connectivity index (χ4n) is 5.85. The molecule has 0 saturated carbocycles. The van der Waals surface area contributed by atoms with Crippen molar-refractivity contribution < 1.29 is 38.4 Å². The standard InChI is InChI=1S/C43H34O8/c1-47-35-23-21-32(22-24-35)31-15-19-34(20-16-31)43(46)51-39-8-3-6-37-41(39)40-36(48-25-4-26-49-37)5-2-7-38(40)50-42(45)33-17-13-30(14-18-33)29-11-9-28(27-44)10-12-29/h2-3,5-24,44H,4,25-27H2,1H3. The maximum absolute atomic E-state index is 13.6. The van der Waals surface area contributed by atoms with Crippen LogP contribution < -0.4 is 23.7 Å². The van der Waals surface area contributed by atoms with Crippen LogP contribution in [0, 0.1) is 0 Å². The number of hydrogen-bond donors (Lipinski definition) is 1. The van der Waals surface area contributed by atoms with E-state index in [0.29, 0.717) is 53.4 Å². The highest BCUT2D eigenvalue weighted by Gasteiger charge is 2.26. The van der Waals surface area contributed by atoms with E-state index < -0.39 is 11.9 Å². The van der Waals surface area contributed by atoms with Crippen LogP contribution in [0.3, 0.4) is 0 Å². The molecule has 7 rings (SSSR count). The van der Waals surface area contributed by atoms with Crippen molar-refractivity contribution in [3.63, 3.8) is 0 Å². The van der Waals surface area contributed by atoms with Gasteiger partial charge in [-0.15, -0.1) is 0 Å². The number of methoxy groups -OCH3 is 1. The maximum Gasteiger partial charge on any atom is 0.343 e. The molecule has 0 bridgehead atoms. The number of aliphatic hydroxyl groups excluding tert-OH is 1. The SMILES string of the molecule is COc1ccc(-c2ccc(C(=O)Oc3cccc4c3-c3c(cccc3OC(=O)c3ccc(-c5ccc(CO)cc5)cc3)OCCCO4)cc2)cc1. The van der Waals surface area contributed by atoms with Gasteiger partial charge in [-0.2, -0.15) is 0 Å². The summed E-state index contributed by atoms with van der Waals surface area (Å²) in [6.45, 7) is 0.712. The van der Waals surface area contributed by atoms with Gasteiger partial charge in [0.2, 0.25) is 0 Å². The van der Waals surface area contributed by atoms with E-state index in [9.17, 15) is 14.7 Å². The van der Waals surface area contributed by atoms with Crippen LogP contribution in [-0.4, -0.2) is 37.4 Å². The van der Waals surface area contributed by atoms with Crippen LogP contribution in [0.5, 0.6) is 28.7 Å². The van der Waals surface area contributed by atoms with Gasteiger partial charge in [0, 0.05) is 6.42 Å². The molecule has 6 aromatic carbocycles. The van der Waals surface area contributed by atoms with E-state index >= 15 is 0 Å². The van der Waals surface area contributed by atoms with Crippen molar-refractivity contribution in [1.82, 2.24) is 0 Å². The van der Waals surface area contributed by atoms with Gasteiger partial charge < -0.3 is 28.8 Å². The first-order chi connectivity index (χ1) is 25.0. The Morgan fingerprint density at radius 1 is 0.569 bits per heavy atom. The van der Waals surface area contributed by atoms with Crippen molar-refractivity contribution in [2.75, 3.05) is 20.3 Å². The summed E-state index contributed by atoms with van der Waals surface area (Å²) >= 11 is 0. The number of esters is 2. The third-order valence-electron chi connectivity index (χ3n) is 8.57. The molecular weight excluding hydrogens is 644 g/mol. The molecule has 254 valence electrons. The van der Waals surface area contributed by atoms with Gasteiger partial charge in [-0.05, 0) is 88.5 Å². The molecule has 1 aliphatic rings. The quantitative estimate of drug-likeness (QED) is 0.126. The third kappa shape index (κ3) is 7.32. The van der Waals surface area contributed by atoms with Gasteiger partial charge >= 0.3 is 11.9 Å². The number of benzene rings is 6. The van der Waals surface area contributed by atoms with Crippen molar-refractivity contribution in [2.45, 2.75) is 13.0 Å². The molecule has 0 amide bonds. The average Bonchev–Trinajstić information content (AvgIpc) is 3.28. The minimum Gasteiger partial charge on any atom is -0.497 e. The first-order valence-electron chi connectivity index (χ1n) is 16.5. The van der Waals surface area contributed by atoms with Crippen molar-refractivity contribution in [1.29, 1.82) is 0 Å². The van der Waals surface area contributed by atoms with E-state index in [4.69, 9.17) is 23.7 Å². The highest BCUT2D eigenvalue weighted by atomic mass is 16.5. The number of fused-ring (bicyclic) bond motifs is 3. The molecular formula is C43H34O8. The molecule has 8 nitrogen and oxygen atoms in total. The fraction of sp³-hybridized carbons (Fsp3) is 0.116. The fourth-order valence-corrected chi connectivity index (χ4v) is 5.85. The molecule has 1 heterocycles. The van der Waals surface area contributed by atoms with E-state index in [2.05, 4.69) is 0 Å². The summed E-state index contributed by atoms with van der Waals surface area (Å²) in [5.41, 5.74) is 6.18. The molecule has 0 atom stereocenters. The predicted molar refractivity (Wildman–Crippen MR) is 194 cm³/mol. The maximum atomic E-state index is 13.6. The molecule has 0 unspecified atom stereocenters. The van der Waals surface area contributed by atoms with Gasteiger partial charge in [0.25, 0.3) is 0 Å². The zero-order valence-electron chi connectivity index (χ0n) is 27.8. The van der Waals surface area contributed by atoms with Crippen LogP contribution in [0.15, 0.2) is 133 Å².